The number of nitrogens with zero attached hydrogens (tertiary/aromatic N) is 3. The number of ether oxygens (including phenoxy) is 1. The van der Waals surface area contributed by atoms with Crippen molar-refractivity contribution < 1.29 is 18.4 Å². The van der Waals surface area contributed by atoms with Gasteiger partial charge in [-0.05, 0) is 24.2 Å². The van der Waals surface area contributed by atoms with Crippen molar-refractivity contribution in [2.75, 3.05) is 13.2 Å². The lowest BCUT2D eigenvalue weighted by atomic mass is 10.0. The minimum absolute atomic E-state index is 0.0145. The second-order valence-corrected chi connectivity index (χ2v) is 6.64. The van der Waals surface area contributed by atoms with Gasteiger partial charge in [0.25, 0.3) is 5.88 Å². The molecule has 0 aliphatic carbocycles. The van der Waals surface area contributed by atoms with Crippen LogP contribution in [0.3, 0.4) is 0 Å². The number of H-pyrrole nitrogens is 1. The van der Waals surface area contributed by atoms with E-state index in [9.17, 15) is 9.18 Å². The Labute approximate surface area is 161 Å². The first kappa shape index (κ1) is 18.2. The van der Waals surface area contributed by atoms with Crippen molar-refractivity contribution in [1.29, 1.82) is 0 Å². The van der Waals surface area contributed by atoms with Gasteiger partial charge in [0.1, 0.15) is 17.3 Å². The predicted octanol–water partition coefficient (Wildman–Crippen LogP) is 3.12. The number of fused-ring (bicyclic) bond motifs is 1. The first-order valence-electron chi connectivity index (χ1n) is 9.33. The number of halogens is 1. The number of amides is 1. The standard InChI is InChI=1S/C20H21FN4O3/c1-2-27-18-11-13(28-24-18)7-8-19(26)25-10-9-17-15(12-25)20(23-22-17)14-5-3-4-6-16(14)21/h3-6,11H,2,7-10,12H2,1H3,(H,22,23). The fourth-order valence-corrected chi connectivity index (χ4v) is 3.40. The molecule has 1 aliphatic heterocycles. The van der Waals surface area contributed by atoms with E-state index in [-0.39, 0.29) is 11.7 Å². The number of aromatic nitrogens is 3. The van der Waals surface area contributed by atoms with E-state index in [1.165, 1.54) is 6.07 Å². The molecule has 4 rings (SSSR count). The third-order valence-electron chi connectivity index (χ3n) is 4.83. The van der Waals surface area contributed by atoms with Crippen LogP contribution in [-0.2, 0) is 24.2 Å². The van der Waals surface area contributed by atoms with E-state index < -0.39 is 0 Å². The van der Waals surface area contributed by atoms with Crippen molar-refractivity contribution in [1.82, 2.24) is 20.3 Å². The summed E-state index contributed by atoms with van der Waals surface area (Å²) in [6.45, 7) is 3.39. The number of aryl methyl sites for hydroxylation is 1. The molecule has 7 nitrogen and oxygen atoms in total. The number of hydrogen-bond donors (Lipinski definition) is 1. The third kappa shape index (κ3) is 3.62. The van der Waals surface area contributed by atoms with Crippen molar-refractivity contribution in [3.05, 3.63) is 53.2 Å². The zero-order valence-corrected chi connectivity index (χ0v) is 15.6. The fourth-order valence-electron chi connectivity index (χ4n) is 3.40. The highest BCUT2D eigenvalue weighted by Crippen LogP contribution is 2.30. The molecule has 0 radical (unpaired) electrons. The molecule has 146 valence electrons. The van der Waals surface area contributed by atoms with Gasteiger partial charge < -0.3 is 14.2 Å². The average Bonchev–Trinajstić information content (AvgIpc) is 3.33. The Morgan fingerprint density at radius 2 is 2.25 bits per heavy atom. The van der Waals surface area contributed by atoms with Crippen LogP contribution in [0.2, 0.25) is 0 Å². The van der Waals surface area contributed by atoms with Gasteiger partial charge in [0.2, 0.25) is 5.91 Å². The molecule has 1 aliphatic rings. The molecule has 0 saturated carbocycles. The average molecular weight is 384 g/mol. The molecule has 28 heavy (non-hydrogen) atoms. The van der Waals surface area contributed by atoms with Crippen LogP contribution in [0.4, 0.5) is 4.39 Å². The summed E-state index contributed by atoms with van der Waals surface area (Å²) in [5.41, 5.74) is 2.85. The fraction of sp³-hybridized carbons (Fsp3) is 0.350. The van der Waals surface area contributed by atoms with Gasteiger partial charge in [-0.15, -0.1) is 0 Å². The number of aromatic amines is 1. The van der Waals surface area contributed by atoms with Gasteiger partial charge in [-0.25, -0.2) is 4.39 Å². The Kier molecular flexibility index (Phi) is 5.10. The first-order valence-corrected chi connectivity index (χ1v) is 9.33. The summed E-state index contributed by atoms with van der Waals surface area (Å²) in [5.74, 6) is 0.738. The van der Waals surface area contributed by atoms with Crippen molar-refractivity contribution in [2.24, 2.45) is 0 Å². The summed E-state index contributed by atoms with van der Waals surface area (Å²) < 4.78 is 24.6. The van der Waals surface area contributed by atoms with Crippen LogP contribution in [0.1, 0.15) is 30.4 Å². The van der Waals surface area contributed by atoms with Gasteiger partial charge in [-0.3, -0.25) is 9.89 Å². The van der Waals surface area contributed by atoms with Crippen LogP contribution in [-0.4, -0.2) is 39.3 Å². The van der Waals surface area contributed by atoms with Gasteiger partial charge in [0, 0.05) is 55.2 Å². The van der Waals surface area contributed by atoms with Crippen molar-refractivity contribution in [2.45, 2.75) is 32.7 Å². The summed E-state index contributed by atoms with van der Waals surface area (Å²) >= 11 is 0. The zero-order chi connectivity index (χ0) is 19.5. The van der Waals surface area contributed by atoms with E-state index in [0.29, 0.717) is 61.9 Å². The third-order valence-corrected chi connectivity index (χ3v) is 4.83. The summed E-state index contributed by atoms with van der Waals surface area (Å²) in [6.07, 6.45) is 1.43. The van der Waals surface area contributed by atoms with Crippen molar-refractivity contribution >= 4 is 5.91 Å². The van der Waals surface area contributed by atoms with Crippen LogP contribution in [0.25, 0.3) is 11.3 Å². The summed E-state index contributed by atoms with van der Waals surface area (Å²) in [4.78, 5) is 14.5. The topological polar surface area (TPSA) is 84.2 Å². The summed E-state index contributed by atoms with van der Waals surface area (Å²) in [6, 6.07) is 8.24. The lowest BCUT2D eigenvalue weighted by Crippen LogP contribution is -2.36. The lowest BCUT2D eigenvalue weighted by Gasteiger charge is -2.27. The van der Waals surface area contributed by atoms with Gasteiger partial charge in [-0.1, -0.05) is 12.1 Å². The zero-order valence-electron chi connectivity index (χ0n) is 15.6. The van der Waals surface area contributed by atoms with Crippen LogP contribution in [0.15, 0.2) is 34.9 Å². The van der Waals surface area contributed by atoms with E-state index in [1.807, 2.05) is 6.92 Å². The Hall–Kier alpha value is -3.16. The highest BCUT2D eigenvalue weighted by Gasteiger charge is 2.26. The van der Waals surface area contributed by atoms with Crippen LogP contribution < -0.4 is 4.74 Å². The number of hydrogen-bond acceptors (Lipinski definition) is 5. The second kappa shape index (κ2) is 7.84. The molecule has 1 N–H and O–H groups in total. The molecule has 8 heteroatoms. The minimum atomic E-state index is -0.323. The Morgan fingerprint density at radius 3 is 3.07 bits per heavy atom. The van der Waals surface area contributed by atoms with E-state index in [1.54, 1.807) is 29.2 Å². The maximum atomic E-state index is 14.2. The Balaban J connectivity index is 1.44. The number of carbonyl (C=O) groups is 1. The monoisotopic (exact) mass is 384 g/mol. The molecule has 1 aromatic carbocycles. The molecule has 3 aromatic rings. The largest absolute Gasteiger partial charge is 0.476 e. The normalized spacial score (nSPS) is 13.4. The maximum Gasteiger partial charge on any atom is 0.254 e. The quantitative estimate of drug-likeness (QED) is 0.706. The molecule has 0 unspecified atom stereocenters. The molecule has 1 amide bonds. The second-order valence-electron chi connectivity index (χ2n) is 6.64. The Morgan fingerprint density at radius 1 is 1.39 bits per heavy atom. The number of carbonyl (C=O) groups excluding carboxylic acids is 1. The predicted molar refractivity (Wildman–Crippen MR) is 99.1 cm³/mol. The molecule has 0 fully saturated rings. The van der Waals surface area contributed by atoms with E-state index in [4.69, 9.17) is 9.26 Å². The van der Waals surface area contributed by atoms with Gasteiger partial charge in [-0.2, -0.15) is 5.10 Å². The van der Waals surface area contributed by atoms with Crippen LogP contribution in [0.5, 0.6) is 5.88 Å². The highest BCUT2D eigenvalue weighted by molar-refractivity contribution is 5.77. The number of benzene rings is 1. The van der Waals surface area contributed by atoms with E-state index >= 15 is 0 Å². The van der Waals surface area contributed by atoms with Gasteiger partial charge in [0.05, 0.1) is 6.61 Å². The summed E-state index contributed by atoms with van der Waals surface area (Å²) in [7, 11) is 0. The maximum absolute atomic E-state index is 14.2. The first-order chi connectivity index (χ1) is 13.7. The molecular weight excluding hydrogens is 363 g/mol. The van der Waals surface area contributed by atoms with Crippen LogP contribution in [0, 0.1) is 5.82 Å². The smallest absolute Gasteiger partial charge is 0.254 e. The number of rotatable bonds is 6. The molecular formula is C20H21FN4O3. The molecule has 2 aromatic heterocycles. The molecule has 0 atom stereocenters. The minimum Gasteiger partial charge on any atom is -0.476 e. The molecule has 3 heterocycles. The van der Waals surface area contributed by atoms with E-state index in [2.05, 4.69) is 15.4 Å². The van der Waals surface area contributed by atoms with Gasteiger partial charge in [0.15, 0.2) is 0 Å². The lowest BCUT2D eigenvalue weighted by molar-refractivity contribution is -0.132. The SMILES string of the molecule is CCOc1cc(CCC(=O)N2CCc3[nH]nc(-c4ccccc4F)c3C2)on1. The highest BCUT2D eigenvalue weighted by atomic mass is 19.1. The van der Waals surface area contributed by atoms with Crippen molar-refractivity contribution in [3.63, 3.8) is 0 Å². The number of nitrogens with one attached hydrogen (secondary N) is 1. The van der Waals surface area contributed by atoms with Crippen molar-refractivity contribution in [3.8, 4) is 17.1 Å². The van der Waals surface area contributed by atoms with Gasteiger partial charge >= 0.3 is 0 Å². The molecule has 0 spiro atoms. The van der Waals surface area contributed by atoms with E-state index in [0.717, 1.165) is 11.3 Å². The molecule has 0 saturated heterocycles. The molecule has 0 bridgehead atoms. The Bertz CT molecular complexity index is 981. The summed E-state index contributed by atoms with van der Waals surface area (Å²) in [5, 5.41) is 11.1. The van der Waals surface area contributed by atoms with Crippen LogP contribution >= 0.6 is 0 Å².